The molecule has 0 saturated heterocycles. The monoisotopic (exact) mass is 459 g/mol. The highest BCUT2D eigenvalue weighted by molar-refractivity contribution is 5.95. The zero-order chi connectivity index (χ0) is 24.1. The summed E-state index contributed by atoms with van der Waals surface area (Å²) in [6.07, 6.45) is 1.16. The molecule has 1 heterocycles. The first-order chi connectivity index (χ1) is 16.5. The number of methoxy groups -OCH3 is 2. The summed E-state index contributed by atoms with van der Waals surface area (Å²) in [5.41, 5.74) is 3.81. The zero-order valence-electron chi connectivity index (χ0n) is 19.7. The number of ether oxygens (including phenoxy) is 3. The third kappa shape index (κ3) is 4.76. The fraction of sp³-hybridized carbons (Fsp3) is 0.286. The van der Waals surface area contributed by atoms with E-state index >= 15 is 0 Å². The molecule has 0 aliphatic carbocycles. The topological polar surface area (TPSA) is 65.1 Å². The summed E-state index contributed by atoms with van der Waals surface area (Å²) >= 11 is 0. The predicted octanol–water partition coefficient (Wildman–Crippen LogP) is 4.85. The minimum Gasteiger partial charge on any atom is -0.493 e. The van der Waals surface area contributed by atoms with Crippen LogP contribution in [0.25, 0.3) is 0 Å². The van der Waals surface area contributed by atoms with Gasteiger partial charge in [-0.25, -0.2) is 0 Å². The summed E-state index contributed by atoms with van der Waals surface area (Å²) in [7, 11) is 3.24. The van der Waals surface area contributed by atoms with Crippen molar-refractivity contribution in [2.24, 2.45) is 0 Å². The van der Waals surface area contributed by atoms with Gasteiger partial charge in [0.15, 0.2) is 23.9 Å². The molecule has 6 nitrogen and oxygen atoms in total. The predicted molar refractivity (Wildman–Crippen MR) is 130 cm³/mol. The number of nitrogens with zero attached hydrogens (tertiary/aromatic N) is 1. The van der Waals surface area contributed by atoms with E-state index in [0.717, 1.165) is 16.7 Å². The smallest absolute Gasteiger partial charge is 0.261 e. The fourth-order valence-electron chi connectivity index (χ4n) is 4.38. The van der Waals surface area contributed by atoms with Crippen molar-refractivity contribution in [3.8, 4) is 17.2 Å². The summed E-state index contributed by atoms with van der Waals surface area (Å²) in [5, 5.41) is 0. The Balaban J connectivity index is 1.59. The van der Waals surface area contributed by atoms with Gasteiger partial charge in [0.05, 0.1) is 20.3 Å². The minimum atomic E-state index is -0.259. The highest BCUT2D eigenvalue weighted by Gasteiger charge is 2.33. The molecule has 3 aromatic rings. The van der Waals surface area contributed by atoms with Crippen LogP contribution < -0.4 is 14.2 Å². The molecule has 3 aromatic carbocycles. The van der Waals surface area contributed by atoms with Crippen LogP contribution >= 0.6 is 0 Å². The number of hydrogen-bond acceptors (Lipinski definition) is 5. The average molecular weight is 460 g/mol. The Hall–Kier alpha value is -3.80. The second kappa shape index (κ2) is 10.4. The Bertz CT molecular complexity index is 1160. The second-order valence-corrected chi connectivity index (χ2v) is 8.15. The standard InChI is InChI=1S/C28H29NO5/c1-4-24(30)19-10-12-22(13-11-19)34-18-27(31)29-15-14-21-16-25(32-2)26(33-3)17-23(21)28(29)20-8-6-5-7-9-20/h5-13,16-17,28H,4,14-15,18H2,1-3H3/t28-/m0/s1. The molecule has 0 aromatic heterocycles. The minimum absolute atomic E-state index is 0.0763. The first kappa shape index (κ1) is 23.4. The highest BCUT2D eigenvalue weighted by atomic mass is 16.5. The van der Waals surface area contributed by atoms with E-state index in [1.165, 1.54) is 0 Å². The van der Waals surface area contributed by atoms with Crippen molar-refractivity contribution in [1.82, 2.24) is 4.90 Å². The van der Waals surface area contributed by atoms with Crippen molar-refractivity contribution in [2.75, 3.05) is 27.4 Å². The van der Waals surface area contributed by atoms with Crippen LogP contribution in [0, 0.1) is 0 Å². The van der Waals surface area contributed by atoms with Gasteiger partial charge >= 0.3 is 0 Å². The van der Waals surface area contributed by atoms with Gasteiger partial charge in [-0.2, -0.15) is 0 Å². The number of Topliss-reactive ketones (excluding diaryl/α,β-unsaturated/α-hetero) is 1. The summed E-state index contributed by atoms with van der Waals surface area (Å²) in [6, 6.07) is 20.6. The molecule has 1 aliphatic heterocycles. The molecule has 0 unspecified atom stereocenters. The lowest BCUT2D eigenvalue weighted by atomic mass is 9.87. The summed E-state index contributed by atoms with van der Waals surface area (Å²) in [5.74, 6) is 1.84. The van der Waals surface area contributed by atoms with Crippen molar-refractivity contribution in [3.05, 3.63) is 89.0 Å². The lowest BCUT2D eigenvalue weighted by molar-refractivity contribution is -0.135. The van der Waals surface area contributed by atoms with Crippen LogP contribution in [0.3, 0.4) is 0 Å². The Morgan fingerprint density at radius 2 is 1.62 bits per heavy atom. The number of carbonyl (C=O) groups is 2. The SMILES string of the molecule is CCC(=O)c1ccc(OCC(=O)N2CCc3cc(OC)c(OC)cc3[C@@H]2c2ccccc2)cc1. The van der Waals surface area contributed by atoms with Crippen LogP contribution in [-0.4, -0.2) is 44.0 Å². The number of amides is 1. The van der Waals surface area contributed by atoms with E-state index in [-0.39, 0.29) is 24.3 Å². The number of fused-ring (bicyclic) bond motifs is 1. The molecule has 0 radical (unpaired) electrons. The normalized spacial score (nSPS) is 14.8. The lowest BCUT2D eigenvalue weighted by Gasteiger charge is -2.38. The Labute approximate surface area is 200 Å². The zero-order valence-corrected chi connectivity index (χ0v) is 19.7. The largest absolute Gasteiger partial charge is 0.493 e. The van der Waals surface area contributed by atoms with Crippen molar-refractivity contribution in [3.63, 3.8) is 0 Å². The molecule has 1 aliphatic rings. The maximum absolute atomic E-state index is 13.4. The van der Waals surface area contributed by atoms with E-state index in [1.807, 2.05) is 54.3 Å². The van der Waals surface area contributed by atoms with E-state index in [1.54, 1.807) is 38.5 Å². The molecule has 0 N–H and O–H groups in total. The van der Waals surface area contributed by atoms with Crippen LogP contribution in [0.15, 0.2) is 66.7 Å². The molecular formula is C28H29NO5. The number of hydrogen-bond donors (Lipinski definition) is 0. The van der Waals surface area contributed by atoms with Gasteiger partial charge in [-0.15, -0.1) is 0 Å². The van der Waals surface area contributed by atoms with Crippen molar-refractivity contribution < 1.29 is 23.8 Å². The Morgan fingerprint density at radius 1 is 0.941 bits per heavy atom. The third-order valence-corrected chi connectivity index (χ3v) is 6.17. The number of ketones is 1. The van der Waals surface area contributed by atoms with Gasteiger partial charge in [-0.05, 0) is 59.5 Å². The average Bonchev–Trinajstić information content (AvgIpc) is 2.90. The molecule has 6 heteroatoms. The second-order valence-electron chi connectivity index (χ2n) is 8.15. The van der Waals surface area contributed by atoms with Crippen molar-refractivity contribution >= 4 is 11.7 Å². The third-order valence-electron chi connectivity index (χ3n) is 6.17. The molecule has 0 saturated carbocycles. The molecule has 176 valence electrons. The molecule has 0 spiro atoms. The van der Waals surface area contributed by atoms with E-state index in [4.69, 9.17) is 14.2 Å². The van der Waals surface area contributed by atoms with E-state index in [9.17, 15) is 9.59 Å². The van der Waals surface area contributed by atoms with Gasteiger partial charge in [0.25, 0.3) is 5.91 Å². The number of rotatable bonds is 8. The summed E-state index contributed by atoms with van der Waals surface area (Å²) in [4.78, 5) is 27.1. The number of carbonyl (C=O) groups excluding carboxylic acids is 2. The first-order valence-corrected chi connectivity index (χ1v) is 11.4. The highest BCUT2D eigenvalue weighted by Crippen LogP contribution is 2.41. The van der Waals surface area contributed by atoms with E-state index < -0.39 is 0 Å². The fourth-order valence-corrected chi connectivity index (χ4v) is 4.38. The summed E-state index contributed by atoms with van der Waals surface area (Å²) < 4.78 is 16.8. The Kier molecular flexibility index (Phi) is 7.16. The lowest BCUT2D eigenvalue weighted by Crippen LogP contribution is -2.43. The maximum atomic E-state index is 13.4. The molecular weight excluding hydrogens is 430 g/mol. The first-order valence-electron chi connectivity index (χ1n) is 11.4. The molecule has 4 rings (SSSR count). The van der Waals surface area contributed by atoms with Gasteiger partial charge in [0, 0.05) is 18.5 Å². The quantitative estimate of drug-likeness (QED) is 0.451. The van der Waals surface area contributed by atoms with Crippen molar-refractivity contribution in [2.45, 2.75) is 25.8 Å². The maximum Gasteiger partial charge on any atom is 0.261 e. The van der Waals surface area contributed by atoms with Gasteiger partial charge in [0.2, 0.25) is 0 Å². The van der Waals surface area contributed by atoms with Crippen LogP contribution in [-0.2, 0) is 11.2 Å². The summed E-state index contributed by atoms with van der Waals surface area (Å²) in [6.45, 7) is 2.30. The van der Waals surface area contributed by atoms with Gasteiger partial charge in [-0.1, -0.05) is 37.3 Å². The van der Waals surface area contributed by atoms with E-state index in [0.29, 0.717) is 42.2 Å². The molecule has 0 bridgehead atoms. The number of benzene rings is 3. The van der Waals surface area contributed by atoms with Crippen molar-refractivity contribution in [1.29, 1.82) is 0 Å². The Morgan fingerprint density at radius 3 is 2.26 bits per heavy atom. The molecule has 1 atom stereocenters. The molecule has 34 heavy (non-hydrogen) atoms. The van der Waals surface area contributed by atoms with Gasteiger partial charge in [-0.3, -0.25) is 9.59 Å². The van der Waals surface area contributed by atoms with Crippen LogP contribution in [0.5, 0.6) is 17.2 Å². The van der Waals surface area contributed by atoms with E-state index in [2.05, 4.69) is 0 Å². The molecule has 0 fully saturated rings. The van der Waals surface area contributed by atoms with Crippen LogP contribution in [0.4, 0.5) is 0 Å². The van der Waals surface area contributed by atoms with Gasteiger partial charge < -0.3 is 19.1 Å². The molecule has 1 amide bonds. The van der Waals surface area contributed by atoms with Gasteiger partial charge in [0.1, 0.15) is 5.75 Å². The van der Waals surface area contributed by atoms with Crippen LogP contribution in [0.1, 0.15) is 46.4 Å². The van der Waals surface area contributed by atoms with Crippen LogP contribution in [0.2, 0.25) is 0 Å².